The summed E-state index contributed by atoms with van der Waals surface area (Å²) in [5, 5.41) is 3.39. The van der Waals surface area contributed by atoms with Crippen LogP contribution in [0, 0.1) is 6.92 Å². The monoisotopic (exact) mass is 285 g/mol. The van der Waals surface area contributed by atoms with Gasteiger partial charge in [0.05, 0.1) is 12.8 Å². The van der Waals surface area contributed by atoms with Gasteiger partial charge in [-0.15, -0.1) is 0 Å². The molecule has 0 radical (unpaired) electrons. The Morgan fingerprint density at radius 2 is 2.00 bits per heavy atom. The largest absolute Gasteiger partial charge is 0.497 e. The fourth-order valence-electron chi connectivity index (χ4n) is 2.19. The molecule has 0 bridgehead atoms. The number of hydrogen-bond acceptors (Lipinski definition) is 4. The summed E-state index contributed by atoms with van der Waals surface area (Å²) >= 11 is 0. The predicted octanol–water partition coefficient (Wildman–Crippen LogP) is 3.84. The van der Waals surface area contributed by atoms with Crippen LogP contribution in [-0.4, -0.2) is 23.6 Å². The van der Waals surface area contributed by atoms with Crippen LogP contribution in [-0.2, 0) is 6.42 Å². The second-order valence-corrected chi connectivity index (χ2v) is 4.97. The molecule has 0 aliphatic rings. The number of benzene rings is 1. The molecule has 0 aliphatic carbocycles. The van der Waals surface area contributed by atoms with Crippen LogP contribution in [0.2, 0.25) is 0 Å². The molecule has 0 fully saturated rings. The van der Waals surface area contributed by atoms with Gasteiger partial charge in [-0.2, -0.15) is 0 Å². The van der Waals surface area contributed by atoms with Gasteiger partial charge in [-0.05, 0) is 25.5 Å². The molecule has 4 nitrogen and oxygen atoms in total. The number of aromatic nitrogens is 2. The highest BCUT2D eigenvalue weighted by Crippen LogP contribution is 2.28. The molecule has 4 heteroatoms. The first-order valence-electron chi connectivity index (χ1n) is 7.45. The highest BCUT2D eigenvalue weighted by atomic mass is 16.5. The normalized spacial score (nSPS) is 10.5. The second kappa shape index (κ2) is 7.07. The lowest BCUT2D eigenvalue weighted by Crippen LogP contribution is -2.08. The Balaban J connectivity index is 2.50. The third-order valence-corrected chi connectivity index (χ3v) is 3.39. The Labute approximate surface area is 126 Å². The minimum atomic E-state index is 0.818. The maximum atomic E-state index is 5.31. The molecule has 112 valence electrons. The van der Waals surface area contributed by atoms with Crippen LogP contribution in [0.25, 0.3) is 11.3 Å². The first-order valence-corrected chi connectivity index (χ1v) is 7.45. The number of aryl methyl sites for hydroxylation is 1. The van der Waals surface area contributed by atoms with Gasteiger partial charge in [0.2, 0.25) is 0 Å². The molecule has 0 amide bonds. The Morgan fingerprint density at radius 1 is 1.19 bits per heavy atom. The SMILES string of the molecule is CCCNc1nc(CC)nc(-c2cccc(OC)c2)c1C. The van der Waals surface area contributed by atoms with E-state index in [0.717, 1.165) is 53.6 Å². The Bertz CT molecular complexity index is 611. The van der Waals surface area contributed by atoms with Gasteiger partial charge in [-0.25, -0.2) is 9.97 Å². The van der Waals surface area contributed by atoms with Gasteiger partial charge in [-0.1, -0.05) is 26.0 Å². The molecule has 0 saturated heterocycles. The van der Waals surface area contributed by atoms with Crippen molar-refractivity contribution >= 4 is 5.82 Å². The molecule has 1 N–H and O–H groups in total. The van der Waals surface area contributed by atoms with Gasteiger partial charge >= 0.3 is 0 Å². The van der Waals surface area contributed by atoms with Crippen LogP contribution in [0.4, 0.5) is 5.82 Å². The Kier molecular flexibility index (Phi) is 5.14. The maximum Gasteiger partial charge on any atom is 0.133 e. The summed E-state index contributed by atoms with van der Waals surface area (Å²) in [7, 11) is 1.68. The summed E-state index contributed by atoms with van der Waals surface area (Å²) in [5.74, 6) is 2.63. The van der Waals surface area contributed by atoms with Gasteiger partial charge in [-0.3, -0.25) is 0 Å². The summed E-state index contributed by atoms with van der Waals surface area (Å²) in [6, 6.07) is 8.00. The molecule has 0 spiro atoms. The number of methoxy groups -OCH3 is 1. The molecule has 1 aromatic heterocycles. The van der Waals surface area contributed by atoms with Gasteiger partial charge in [0, 0.05) is 24.1 Å². The topological polar surface area (TPSA) is 47.0 Å². The molecular formula is C17H23N3O. The summed E-state index contributed by atoms with van der Waals surface area (Å²) in [6.45, 7) is 7.20. The van der Waals surface area contributed by atoms with Gasteiger partial charge in [0.1, 0.15) is 17.4 Å². The van der Waals surface area contributed by atoms with Crippen LogP contribution in [0.5, 0.6) is 5.75 Å². The van der Waals surface area contributed by atoms with E-state index in [1.807, 2.05) is 18.2 Å². The zero-order chi connectivity index (χ0) is 15.2. The van der Waals surface area contributed by atoms with E-state index in [9.17, 15) is 0 Å². The minimum Gasteiger partial charge on any atom is -0.497 e. The van der Waals surface area contributed by atoms with Gasteiger partial charge < -0.3 is 10.1 Å². The lowest BCUT2D eigenvalue weighted by Gasteiger charge is -2.14. The molecule has 0 unspecified atom stereocenters. The number of hydrogen-bond donors (Lipinski definition) is 1. The fraction of sp³-hybridized carbons (Fsp3) is 0.412. The molecule has 0 aliphatic heterocycles. The molecule has 2 aromatic rings. The third kappa shape index (κ3) is 3.51. The fourth-order valence-corrected chi connectivity index (χ4v) is 2.19. The highest BCUT2D eigenvalue weighted by molar-refractivity contribution is 5.69. The van der Waals surface area contributed by atoms with Gasteiger partial charge in [0.25, 0.3) is 0 Å². The number of ether oxygens (including phenoxy) is 1. The van der Waals surface area contributed by atoms with E-state index in [2.05, 4.69) is 37.1 Å². The zero-order valence-corrected chi connectivity index (χ0v) is 13.2. The van der Waals surface area contributed by atoms with Crippen molar-refractivity contribution in [3.8, 4) is 17.0 Å². The van der Waals surface area contributed by atoms with Crippen molar-refractivity contribution in [2.45, 2.75) is 33.6 Å². The Hall–Kier alpha value is -2.10. The van der Waals surface area contributed by atoms with E-state index in [-0.39, 0.29) is 0 Å². The lowest BCUT2D eigenvalue weighted by atomic mass is 10.1. The second-order valence-electron chi connectivity index (χ2n) is 4.97. The first-order chi connectivity index (χ1) is 10.2. The summed E-state index contributed by atoms with van der Waals surface area (Å²) < 4.78 is 5.31. The van der Waals surface area contributed by atoms with Crippen LogP contribution >= 0.6 is 0 Å². The van der Waals surface area contributed by atoms with Crippen LogP contribution in [0.3, 0.4) is 0 Å². The average molecular weight is 285 g/mol. The summed E-state index contributed by atoms with van der Waals surface area (Å²) in [5.41, 5.74) is 3.11. The smallest absolute Gasteiger partial charge is 0.133 e. The zero-order valence-electron chi connectivity index (χ0n) is 13.2. The van der Waals surface area contributed by atoms with Crippen molar-refractivity contribution in [3.63, 3.8) is 0 Å². The van der Waals surface area contributed by atoms with E-state index >= 15 is 0 Å². The van der Waals surface area contributed by atoms with Crippen molar-refractivity contribution in [2.24, 2.45) is 0 Å². The molecule has 2 rings (SSSR count). The van der Waals surface area contributed by atoms with E-state index in [0.29, 0.717) is 0 Å². The van der Waals surface area contributed by atoms with Crippen molar-refractivity contribution in [1.82, 2.24) is 9.97 Å². The first kappa shape index (κ1) is 15.3. The number of nitrogens with one attached hydrogen (secondary N) is 1. The molecule has 0 saturated carbocycles. The lowest BCUT2D eigenvalue weighted by molar-refractivity contribution is 0.415. The standard InChI is InChI=1S/C17H23N3O/c1-5-10-18-17-12(3)16(19-15(6-2)20-17)13-8-7-9-14(11-13)21-4/h7-9,11H,5-6,10H2,1-4H3,(H,18,19,20). The molecule has 0 atom stereocenters. The third-order valence-electron chi connectivity index (χ3n) is 3.39. The van der Waals surface area contributed by atoms with Crippen LogP contribution in [0.1, 0.15) is 31.7 Å². The van der Waals surface area contributed by atoms with Crippen LogP contribution < -0.4 is 10.1 Å². The summed E-state index contributed by atoms with van der Waals surface area (Å²) in [6.07, 6.45) is 1.89. The predicted molar refractivity (Wildman–Crippen MR) is 86.9 cm³/mol. The number of nitrogens with zero attached hydrogens (tertiary/aromatic N) is 2. The van der Waals surface area contributed by atoms with Crippen molar-refractivity contribution in [1.29, 1.82) is 0 Å². The summed E-state index contributed by atoms with van der Waals surface area (Å²) in [4.78, 5) is 9.30. The number of anilines is 1. The van der Waals surface area contributed by atoms with Crippen molar-refractivity contribution in [2.75, 3.05) is 19.0 Å². The van der Waals surface area contributed by atoms with Gasteiger partial charge in [0.15, 0.2) is 0 Å². The maximum absolute atomic E-state index is 5.31. The molecule has 1 aromatic carbocycles. The highest BCUT2D eigenvalue weighted by Gasteiger charge is 2.12. The Morgan fingerprint density at radius 3 is 2.67 bits per heavy atom. The van der Waals surface area contributed by atoms with Crippen molar-refractivity contribution < 1.29 is 4.74 Å². The van der Waals surface area contributed by atoms with E-state index < -0.39 is 0 Å². The molecular weight excluding hydrogens is 262 g/mol. The van der Waals surface area contributed by atoms with Crippen molar-refractivity contribution in [3.05, 3.63) is 35.7 Å². The van der Waals surface area contributed by atoms with E-state index in [1.54, 1.807) is 7.11 Å². The molecule has 21 heavy (non-hydrogen) atoms. The van der Waals surface area contributed by atoms with E-state index in [4.69, 9.17) is 9.72 Å². The molecule has 1 heterocycles. The minimum absolute atomic E-state index is 0.818. The average Bonchev–Trinajstić information content (AvgIpc) is 2.54. The quantitative estimate of drug-likeness (QED) is 0.876. The van der Waals surface area contributed by atoms with Crippen LogP contribution in [0.15, 0.2) is 24.3 Å². The van der Waals surface area contributed by atoms with E-state index in [1.165, 1.54) is 0 Å². The number of rotatable bonds is 6.